The smallest absolute Gasteiger partial charge is 0.410 e. The van der Waals surface area contributed by atoms with Gasteiger partial charge in [-0.05, 0) is 63.0 Å². The van der Waals surface area contributed by atoms with Gasteiger partial charge in [0.1, 0.15) is 5.60 Å². The van der Waals surface area contributed by atoms with Gasteiger partial charge in [-0.3, -0.25) is 14.6 Å². The Morgan fingerprint density at radius 1 is 1.03 bits per heavy atom. The third kappa shape index (κ3) is 5.85. The Hall–Kier alpha value is -2.12. The van der Waals surface area contributed by atoms with Gasteiger partial charge in [-0.1, -0.05) is 50.8 Å². The van der Waals surface area contributed by atoms with E-state index in [-0.39, 0.29) is 24.1 Å². The summed E-state index contributed by atoms with van der Waals surface area (Å²) in [5.41, 5.74) is 9.34. The molecule has 2 amide bonds. The summed E-state index contributed by atoms with van der Waals surface area (Å²) in [4.78, 5) is 33.3. The van der Waals surface area contributed by atoms with E-state index in [4.69, 9.17) is 10.5 Å². The zero-order valence-corrected chi connectivity index (χ0v) is 24.5. The van der Waals surface area contributed by atoms with Crippen molar-refractivity contribution in [1.82, 2.24) is 14.7 Å². The highest BCUT2D eigenvalue weighted by Gasteiger charge is 2.57. The molecular formula is C32H50N4O3. The van der Waals surface area contributed by atoms with Crippen molar-refractivity contribution >= 4 is 12.0 Å². The lowest BCUT2D eigenvalue weighted by atomic mass is 9.78. The number of amides is 2. The van der Waals surface area contributed by atoms with Gasteiger partial charge in [-0.25, -0.2) is 4.79 Å². The molecule has 5 rings (SSSR count). The van der Waals surface area contributed by atoms with Gasteiger partial charge in [-0.2, -0.15) is 0 Å². The fraction of sp³-hybridized carbons (Fsp3) is 0.750. The molecular weight excluding hydrogens is 488 g/mol. The van der Waals surface area contributed by atoms with E-state index < -0.39 is 5.60 Å². The van der Waals surface area contributed by atoms with Crippen LogP contribution in [-0.2, 0) is 4.74 Å². The molecule has 2 N–H and O–H groups in total. The van der Waals surface area contributed by atoms with Gasteiger partial charge in [0, 0.05) is 63.2 Å². The second-order valence-electron chi connectivity index (χ2n) is 12.8. The summed E-state index contributed by atoms with van der Waals surface area (Å²) in [6.07, 6.45) is 11.8. The maximum atomic E-state index is 13.3. The number of piperidine rings is 2. The summed E-state index contributed by atoms with van der Waals surface area (Å²) < 4.78 is 6.31. The first-order chi connectivity index (χ1) is 18.8. The number of aryl methyl sites for hydroxylation is 2. The van der Waals surface area contributed by atoms with Crippen LogP contribution in [0.15, 0.2) is 18.2 Å². The third-order valence-electron chi connectivity index (χ3n) is 10.2. The largest absolute Gasteiger partial charge is 0.440 e. The first-order valence-corrected chi connectivity index (χ1v) is 15.7. The monoisotopic (exact) mass is 538 g/mol. The van der Waals surface area contributed by atoms with E-state index in [9.17, 15) is 9.59 Å². The molecule has 4 fully saturated rings. The van der Waals surface area contributed by atoms with Crippen LogP contribution < -0.4 is 5.73 Å². The van der Waals surface area contributed by atoms with Gasteiger partial charge in [0.2, 0.25) is 0 Å². The Balaban J connectivity index is 1.20. The molecule has 7 nitrogen and oxygen atoms in total. The highest BCUT2D eigenvalue weighted by atomic mass is 16.6. The minimum atomic E-state index is -0.462. The summed E-state index contributed by atoms with van der Waals surface area (Å²) in [6.45, 7) is 10.5. The molecule has 0 bridgehead atoms. The van der Waals surface area contributed by atoms with Crippen molar-refractivity contribution in [2.75, 3.05) is 32.7 Å². The van der Waals surface area contributed by atoms with Gasteiger partial charge in [0.05, 0.1) is 6.04 Å². The van der Waals surface area contributed by atoms with Crippen LogP contribution in [0.5, 0.6) is 0 Å². The lowest BCUT2D eigenvalue weighted by Gasteiger charge is -2.47. The van der Waals surface area contributed by atoms with Crippen molar-refractivity contribution in [3.05, 3.63) is 34.9 Å². The van der Waals surface area contributed by atoms with Crippen LogP contribution in [0.3, 0.4) is 0 Å². The Morgan fingerprint density at radius 3 is 2.28 bits per heavy atom. The number of carbonyl (C=O) groups is 2. The molecule has 39 heavy (non-hydrogen) atoms. The Labute approximate surface area is 235 Å². The van der Waals surface area contributed by atoms with Crippen LogP contribution in [0.2, 0.25) is 0 Å². The molecule has 1 saturated carbocycles. The molecule has 4 aliphatic rings. The van der Waals surface area contributed by atoms with E-state index in [2.05, 4.69) is 11.8 Å². The summed E-state index contributed by atoms with van der Waals surface area (Å²) in [7, 11) is 0. The van der Waals surface area contributed by atoms with Crippen molar-refractivity contribution in [2.24, 2.45) is 11.7 Å². The number of hydrogen-bond acceptors (Lipinski definition) is 5. The summed E-state index contributed by atoms with van der Waals surface area (Å²) in [6, 6.07) is 6.49. The molecule has 0 aromatic heterocycles. The molecule has 1 aromatic carbocycles. The highest BCUT2D eigenvalue weighted by Crippen LogP contribution is 2.42. The van der Waals surface area contributed by atoms with Gasteiger partial charge >= 0.3 is 6.09 Å². The van der Waals surface area contributed by atoms with E-state index >= 15 is 0 Å². The van der Waals surface area contributed by atoms with Gasteiger partial charge in [0.25, 0.3) is 5.91 Å². The number of carbonyl (C=O) groups excluding carboxylic acids is 2. The van der Waals surface area contributed by atoms with Crippen molar-refractivity contribution < 1.29 is 14.3 Å². The van der Waals surface area contributed by atoms with Crippen LogP contribution in [0.4, 0.5) is 4.79 Å². The SMILES string of the molecule is CCCC(N)C1N(CC2CCCCC2)C(=O)OC12CCN(C1CCN(C(=O)c3c(C)cccc3C)CC1)CC2. The van der Waals surface area contributed by atoms with Gasteiger partial charge in [0.15, 0.2) is 0 Å². The third-order valence-corrected chi connectivity index (χ3v) is 10.2. The van der Waals surface area contributed by atoms with E-state index in [0.29, 0.717) is 12.0 Å². The number of nitrogens with two attached hydrogens (primary N) is 1. The minimum absolute atomic E-state index is 0.0224. The lowest BCUT2D eigenvalue weighted by molar-refractivity contribution is -0.0418. The van der Waals surface area contributed by atoms with E-state index in [0.717, 1.165) is 87.9 Å². The highest BCUT2D eigenvalue weighted by molar-refractivity contribution is 5.97. The van der Waals surface area contributed by atoms with E-state index in [1.165, 1.54) is 32.1 Å². The molecule has 7 heteroatoms. The fourth-order valence-corrected chi connectivity index (χ4v) is 8.05. The van der Waals surface area contributed by atoms with Gasteiger partial charge < -0.3 is 15.4 Å². The zero-order chi connectivity index (χ0) is 27.6. The second kappa shape index (κ2) is 12.2. The number of hydrogen-bond donors (Lipinski definition) is 1. The van der Waals surface area contributed by atoms with Crippen molar-refractivity contribution in [3.63, 3.8) is 0 Å². The van der Waals surface area contributed by atoms with E-state index in [1.807, 2.05) is 41.8 Å². The molecule has 216 valence electrons. The predicted octanol–water partition coefficient (Wildman–Crippen LogP) is 5.27. The summed E-state index contributed by atoms with van der Waals surface area (Å²) >= 11 is 0. The molecule has 3 saturated heterocycles. The van der Waals surface area contributed by atoms with Crippen LogP contribution in [0, 0.1) is 19.8 Å². The second-order valence-corrected chi connectivity index (χ2v) is 12.8. The molecule has 0 radical (unpaired) electrons. The molecule has 1 spiro atoms. The predicted molar refractivity (Wildman–Crippen MR) is 155 cm³/mol. The Morgan fingerprint density at radius 2 is 1.67 bits per heavy atom. The maximum absolute atomic E-state index is 13.3. The number of nitrogens with zero attached hydrogens (tertiary/aromatic N) is 3. The fourth-order valence-electron chi connectivity index (χ4n) is 8.05. The molecule has 2 atom stereocenters. The number of rotatable bonds is 7. The normalized spacial score (nSPS) is 25.7. The average Bonchev–Trinajstić information content (AvgIpc) is 3.19. The first kappa shape index (κ1) is 28.4. The van der Waals surface area contributed by atoms with Crippen LogP contribution >= 0.6 is 0 Å². The maximum Gasteiger partial charge on any atom is 0.410 e. The summed E-state index contributed by atoms with van der Waals surface area (Å²) in [5, 5.41) is 0. The quantitative estimate of drug-likeness (QED) is 0.512. The first-order valence-electron chi connectivity index (χ1n) is 15.7. The van der Waals surface area contributed by atoms with E-state index in [1.54, 1.807) is 0 Å². The molecule has 1 aromatic rings. The van der Waals surface area contributed by atoms with Gasteiger partial charge in [-0.15, -0.1) is 0 Å². The minimum Gasteiger partial charge on any atom is -0.440 e. The average molecular weight is 539 g/mol. The zero-order valence-electron chi connectivity index (χ0n) is 24.5. The van der Waals surface area contributed by atoms with Crippen LogP contribution in [0.1, 0.15) is 99.0 Å². The topological polar surface area (TPSA) is 79.1 Å². The molecule has 1 aliphatic carbocycles. The molecule has 3 aliphatic heterocycles. The lowest BCUT2D eigenvalue weighted by Crippen LogP contribution is -2.61. The summed E-state index contributed by atoms with van der Waals surface area (Å²) in [5.74, 6) is 0.750. The Bertz CT molecular complexity index is 986. The molecule has 3 heterocycles. The van der Waals surface area contributed by atoms with Crippen LogP contribution in [0.25, 0.3) is 0 Å². The number of likely N-dealkylation sites (tertiary alicyclic amines) is 2. The number of benzene rings is 1. The Kier molecular flexibility index (Phi) is 8.87. The standard InChI is InChI=1S/C32H50N4O3/c1-4-9-27(33)29-32(39-31(38)36(29)22-25-12-6-5-7-13-25)16-20-34(21-17-32)26-14-18-35(19-15-26)30(37)28-23(2)10-8-11-24(28)3/h8,10-11,25-27,29H,4-7,9,12-22,33H2,1-3H3. The van der Waals surface area contributed by atoms with Crippen molar-refractivity contribution in [2.45, 2.75) is 115 Å². The van der Waals surface area contributed by atoms with Crippen molar-refractivity contribution in [3.8, 4) is 0 Å². The number of ether oxygens (including phenoxy) is 1. The van der Waals surface area contributed by atoms with Crippen molar-refractivity contribution in [1.29, 1.82) is 0 Å². The van der Waals surface area contributed by atoms with Crippen LogP contribution in [-0.4, -0.2) is 83.2 Å². The molecule has 2 unspecified atom stereocenters.